The summed E-state index contributed by atoms with van der Waals surface area (Å²) in [5.41, 5.74) is 6.03. The first-order valence-corrected chi connectivity index (χ1v) is 10.9. The van der Waals surface area contributed by atoms with Crippen LogP contribution >= 0.6 is 11.6 Å². The standard InChI is InChI=1S/C27H22ClN3/c1-18-14-27(30-16-20-2-3-20)31-26-13-5-19(15-25(18)26)4-11-24-12-8-22(17-29-24)21-6-9-23(28)10-7-21/h5-10,12-15,17,20H,2-3,16H2,1H3,(H,30,31). The Morgan fingerprint density at radius 2 is 1.77 bits per heavy atom. The normalized spacial score (nSPS) is 13.0. The molecule has 5 rings (SSSR count). The zero-order valence-corrected chi connectivity index (χ0v) is 18.1. The van der Waals surface area contributed by atoms with E-state index in [2.05, 4.69) is 41.2 Å². The first-order valence-electron chi connectivity index (χ1n) is 10.5. The van der Waals surface area contributed by atoms with E-state index in [1.807, 2.05) is 54.7 Å². The van der Waals surface area contributed by atoms with E-state index < -0.39 is 0 Å². The first kappa shape index (κ1) is 19.6. The van der Waals surface area contributed by atoms with Crippen LogP contribution in [0.5, 0.6) is 0 Å². The topological polar surface area (TPSA) is 37.8 Å². The van der Waals surface area contributed by atoms with Crippen LogP contribution < -0.4 is 5.32 Å². The molecule has 1 N–H and O–H groups in total. The van der Waals surface area contributed by atoms with Gasteiger partial charge in [0, 0.05) is 34.3 Å². The van der Waals surface area contributed by atoms with Crippen LogP contribution in [0, 0.1) is 24.7 Å². The van der Waals surface area contributed by atoms with Crippen molar-refractivity contribution >= 4 is 28.3 Å². The van der Waals surface area contributed by atoms with Gasteiger partial charge in [-0.15, -0.1) is 0 Å². The van der Waals surface area contributed by atoms with E-state index in [1.54, 1.807) is 0 Å². The summed E-state index contributed by atoms with van der Waals surface area (Å²) in [6.45, 7) is 3.14. The maximum Gasteiger partial charge on any atom is 0.126 e. The molecule has 4 heteroatoms. The highest BCUT2D eigenvalue weighted by Gasteiger charge is 2.20. The van der Waals surface area contributed by atoms with Crippen LogP contribution in [0.2, 0.25) is 5.02 Å². The van der Waals surface area contributed by atoms with Crippen LogP contribution in [0.1, 0.15) is 29.7 Å². The van der Waals surface area contributed by atoms with Crippen molar-refractivity contribution in [3.63, 3.8) is 0 Å². The highest BCUT2D eigenvalue weighted by Crippen LogP contribution is 2.29. The molecule has 0 bridgehead atoms. The molecule has 0 radical (unpaired) electrons. The lowest BCUT2D eigenvalue weighted by Gasteiger charge is -2.09. The molecule has 0 aliphatic heterocycles. The Morgan fingerprint density at radius 3 is 2.52 bits per heavy atom. The van der Waals surface area contributed by atoms with Crippen molar-refractivity contribution < 1.29 is 0 Å². The van der Waals surface area contributed by atoms with Gasteiger partial charge in [-0.2, -0.15) is 0 Å². The Labute approximate surface area is 187 Å². The van der Waals surface area contributed by atoms with Gasteiger partial charge in [0.15, 0.2) is 0 Å². The minimum atomic E-state index is 0.728. The number of nitrogens with zero attached hydrogens (tertiary/aromatic N) is 2. The number of nitrogens with one attached hydrogen (secondary N) is 1. The quantitative estimate of drug-likeness (QED) is 0.382. The van der Waals surface area contributed by atoms with Crippen LogP contribution in [-0.2, 0) is 0 Å². The fourth-order valence-electron chi connectivity index (χ4n) is 3.55. The van der Waals surface area contributed by atoms with Crippen LogP contribution in [0.15, 0.2) is 66.9 Å². The van der Waals surface area contributed by atoms with Gasteiger partial charge in [0.2, 0.25) is 0 Å². The van der Waals surface area contributed by atoms with Crippen molar-refractivity contribution in [1.82, 2.24) is 9.97 Å². The summed E-state index contributed by atoms with van der Waals surface area (Å²) in [7, 11) is 0. The summed E-state index contributed by atoms with van der Waals surface area (Å²) in [5, 5.41) is 5.33. The number of aromatic nitrogens is 2. The number of fused-ring (bicyclic) bond motifs is 1. The van der Waals surface area contributed by atoms with Crippen molar-refractivity contribution in [3.05, 3.63) is 88.7 Å². The second-order valence-corrected chi connectivity index (χ2v) is 8.51. The third-order valence-electron chi connectivity index (χ3n) is 5.56. The van der Waals surface area contributed by atoms with E-state index in [-0.39, 0.29) is 0 Å². The largest absolute Gasteiger partial charge is 0.370 e. The molecule has 2 heterocycles. The van der Waals surface area contributed by atoms with E-state index in [0.29, 0.717) is 0 Å². The minimum Gasteiger partial charge on any atom is -0.370 e. The Balaban J connectivity index is 1.35. The summed E-state index contributed by atoms with van der Waals surface area (Å²) in [5.74, 6) is 8.19. The zero-order valence-electron chi connectivity index (χ0n) is 17.3. The lowest BCUT2D eigenvalue weighted by atomic mass is 10.1. The van der Waals surface area contributed by atoms with Gasteiger partial charge < -0.3 is 5.32 Å². The van der Waals surface area contributed by atoms with Gasteiger partial charge in [-0.1, -0.05) is 35.7 Å². The van der Waals surface area contributed by atoms with Gasteiger partial charge >= 0.3 is 0 Å². The molecule has 3 nitrogen and oxygen atoms in total. The third kappa shape index (κ3) is 4.71. The van der Waals surface area contributed by atoms with E-state index >= 15 is 0 Å². The van der Waals surface area contributed by atoms with Gasteiger partial charge in [-0.25, -0.2) is 9.97 Å². The summed E-state index contributed by atoms with van der Waals surface area (Å²) < 4.78 is 0. The molecule has 0 saturated heterocycles. The summed E-state index contributed by atoms with van der Waals surface area (Å²) in [4.78, 5) is 9.26. The molecule has 2 aromatic carbocycles. The fraction of sp³-hybridized carbons (Fsp3) is 0.185. The number of halogens is 1. The monoisotopic (exact) mass is 423 g/mol. The number of benzene rings is 2. The highest BCUT2D eigenvalue weighted by molar-refractivity contribution is 6.30. The van der Waals surface area contributed by atoms with Crippen molar-refractivity contribution in [2.75, 3.05) is 11.9 Å². The average Bonchev–Trinajstić information content (AvgIpc) is 3.62. The molecule has 1 saturated carbocycles. The zero-order chi connectivity index (χ0) is 21.2. The Bertz CT molecular complexity index is 1290. The summed E-state index contributed by atoms with van der Waals surface area (Å²) in [6.07, 6.45) is 4.51. The van der Waals surface area contributed by atoms with Gasteiger partial charge in [-0.05, 0) is 85.2 Å². The second-order valence-electron chi connectivity index (χ2n) is 8.07. The molecule has 31 heavy (non-hydrogen) atoms. The van der Waals surface area contributed by atoms with E-state index in [0.717, 1.165) is 56.6 Å². The molecular formula is C27H22ClN3. The molecule has 4 aromatic rings. The number of hydrogen-bond acceptors (Lipinski definition) is 3. The molecule has 2 aromatic heterocycles. The second kappa shape index (κ2) is 8.41. The van der Waals surface area contributed by atoms with Crippen molar-refractivity contribution in [2.45, 2.75) is 19.8 Å². The summed E-state index contributed by atoms with van der Waals surface area (Å²) >= 11 is 5.96. The van der Waals surface area contributed by atoms with E-state index in [1.165, 1.54) is 18.4 Å². The molecule has 1 fully saturated rings. The maximum absolute atomic E-state index is 5.96. The minimum absolute atomic E-state index is 0.728. The lowest BCUT2D eigenvalue weighted by Crippen LogP contribution is -2.05. The predicted molar refractivity (Wildman–Crippen MR) is 128 cm³/mol. The molecule has 152 valence electrons. The first-order chi connectivity index (χ1) is 15.1. The van der Waals surface area contributed by atoms with Crippen LogP contribution in [0.4, 0.5) is 5.82 Å². The number of aryl methyl sites for hydroxylation is 1. The molecule has 1 aliphatic rings. The Hall–Kier alpha value is -3.35. The molecule has 0 amide bonds. The molecule has 0 atom stereocenters. The van der Waals surface area contributed by atoms with Crippen LogP contribution in [-0.4, -0.2) is 16.5 Å². The Kier molecular flexibility index (Phi) is 5.32. The van der Waals surface area contributed by atoms with Gasteiger partial charge in [-0.3, -0.25) is 0 Å². The number of pyridine rings is 2. The van der Waals surface area contributed by atoms with Crippen molar-refractivity contribution in [2.24, 2.45) is 5.92 Å². The summed E-state index contributed by atoms with van der Waals surface area (Å²) in [6, 6.07) is 20.0. The molecule has 1 aliphatic carbocycles. The lowest BCUT2D eigenvalue weighted by molar-refractivity contribution is 0.884. The van der Waals surface area contributed by atoms with Gasteiger partial charge in [0.1, 0.15) is 11.5 Å². The average molecular weight is 424 g/mol. The maximum atomic E-state index is 5.96. The SMILES string of the molecule is Cc1cc(NCC2CC2)nc2ccc(C#Cc3ccc(-c4ccc(Cl)cc4)cn3)cc12. The van der Waals surface area contributed by atoms with Crippen molar-refractivity contribution in [3.8, 4) is 23.0 Å². The molecule has 0 spiro atoms. The predicted octanol–water partition coefficient (Wildman–Crippen LogP) is 6.48. The van der Waals surface area contributed by atoms with Crippen molar-refractivity contribution in [1.29, 1.82) is 0 Å². The fourth-order valence-corrected chi connectivity index (χ4v) is 3.68. The van der Waals surface area contributed by atoms with E-state index in [9.17, 15) is 0 Å². The van der Waals surface area contributed by atoms with Gasteiger partial charge in [0.05, 0.1) is 5.52 Å². The van der Waals surface area contributed by atoms with Crippen LogP contribution in [0.25, 0.3) is 22.0 Å². The van der Waals surface area contributed by atoms with Gasteiger partial charge in [0.25, 0.3) is 0 Å². The number of hydrogen-bond donors (Lipinski definition) is 1. The number of anilines is 1. The highest BCUT2D eigenvalue weighted by atomic mass is 35.5. The number of rotatable bonds is 4. The Morgan fingerprint density at radius 1 is 0.968 bits per heavy atom. The van der Waals surface area contributed by atoms with Crippen LogP contribution in [0.3, 0.4) is 0 Å². The smallest absolute Gasteiger partial charge is 0.126 e. The molecule has 0 unspecified atom stereocenters. The third-order valence-corrected chi connectivity index (χ3v) is 5.81. The van der Waals surface area contributed by atoms with E-state index in [4.69, 9.17) is 16.6 Å². The molecular weight excluding hydrogens is 402 g/mol.